The number of nitrogens with zero attached hydrogens (tertiary/aromatic N) is 1. The zero-order valence-corrected chi connectivity index (χ0v) is 14.7. The van der Waals surface area contributed by atoms with Gasteiger partial charge in [0.05, 0.1) is 20.1 Å². The molecule has 1 spiro atoms. The smallest absolute Gasteiger partial charge is 0.312 e. The summed E-state index contributed by atoms with van der Waals surface area (Å²) in [5, 5.41) is 2.88. The standard InChI is InChI=1S/C17H18N2O5S/c1-23-14(20)12-11-7-25-8-19(11)17(13(12)15(21)24-2)9-5-3-4-6-10(9)18-16(17)22/h3-6,11-13H,7-8H2,1-2H3,(H,18,22)/t11-,12+,13+,17+/m0/s1. The predicted octanol–water partition coefficient (Wildman–Crippen LogP) is 0.801. The van der Waals surface area contributed by atoms with Gasteiger partial charge in [0, 0.05) is 28.9 Å². The lowest BCUT2D eigenvalue weighted by molar-refractivity contribution is -0.160. The van der Waals surface area contributed by atoms with Gasteiger partial charge in [-0.25, -0.2) is 0 Å². The molecule has 3 aliphatic rings. The number of hydrogen-bond acceptors (Lipinski definition) is 7. The number of hydrogen-bond donors (Lipinski definition) is 1. The van der Waals surface area contributed by atoms with E-state index in [1.807, 2.05) is 23.1 Å². The van der Waals surface area contributed by atoms with Crippen LogP contribution < -0.4 is 5.32 Å². The van der Waals surface area contributed by atoms with Gasteiger partial charge >= 0.3 is 11.9 Å². The summed E-state index contributed by atoms with van der Waals surface area (Å²) in [6.07, 6.45) is 0. The van der Waals surface area contributed by atoms with Crippen LogP contribution in [-0.2, 0) is 29.4 Å². The molecule has 0 radical (unpaired) electrons. The van der Waals surface area contributed by atoms with Crippen LogP contribution in [0.2, 0.25) is 0 Å². The Hall–Kier alpha value is -2.06. The summed E-state index contributed by atoms with van der Waals surface area (Å²) in [6.45, 7) is 0. The molecule has 1 aromatic carbocycles. The van der Waals surface area contributed by atoms with Crippen LogP contribution in [0.4, 0.5) is 5.69 Å². The molecule has 8 heteroatoms. The number of methoxy groups -OCH3 is 2. The number of esters is 2. The summed E-state index contributed by atoms with van der Waals surface area (Å²) in [5.41, 5.74) is 0.147. The number of para-hydroxylation sites is 1. The van der Waals surface area contributed by atoms with E-state index in [2.05, 4.69) is 5.32 Å². The fourth-order valence-electron chi connectivity index (χ4n) is 4.51. The molecule has 0 aromatic heterocycles. The first-order valence-corrected chi connectivity index (χ1v) is 9.14. The molecule has 2 fully saturated rings. The number of ether oxygens (including phenoxy) is 2. The number of fused-ring (bicyclic) bond motifs is 4. The number of anilines is 1. The van der Waals surface area contributed by atoms with Crippen LogP contribution >= 0.6 is 11.8 Å². The van der Waals surface area contributed by atoms with Crippen molar-refractivity contribution in [3.05, 3.63) is 29.8 Å². The van der Waals surface area contributed by atoms with Crippen molar-refractivity contribution in [2.24, 2.45) is 11.8 Å². The lowest BCUT2D eigenvalue weighted by atomic mass is 9.75. The Morgan fingerprint density at radius 2 is 1.96 bits per heavy atom. The highest BCUT2D eigenvalue weighted by Gasteiger charge is 2.71. The van der Waals surface area contributed by atoms with Gasteiger partial charge in [0.25, 0.3) is 5.91 Å². The van der Waals surface area contributed by atoms with Crippen molar-refractivity contribution in [3.8, 4) is 0 Å². The highest BCUT2D eigenvalue weighted by atomic mass is 32.2. The monoisotopic (exact) mass is 362 g/mol. The molecule has 4 atom stereocenters. The van der Waals surface area contributed by atoms with Crippen LogP contribution in [0.1, 0.15) is 5.56 Å². The van der Waals surface area contributed by atoms with Gasteiger partial charge in [-0.15, -0.1) is 11.8 Å². The van der Waals surface area contributed by atoms with Crippen molar-refractivity contribution in [1.29, 1.82) is 0 Å². The van der Waals surface area contributed by atoms with Gasteiger partial charge in [0.15, 0.2) is 0 Å². The molecule has 0 aliphatic carbocycles. The molecule has 25 heavy (non-hydrogen) atoms. The summed E-state index contributed by atoms with van der Waals surface area (Å²) >= 11 is 1.64. The Kier molecular flexibility index (Phi) is 3.77. The normalized spacial score (nSPS) is 33.0. The maximum atomic E-state index is 13.2. The van der Waals surface area contributed by atoms with Gasteiger partial charge in [-0.2, -0.15) is 0 Å². The lowest BCUT2D eigenvalue weighted by Gasteiger charge is -2.35. The second-order valence-corrected chi connectivity index (χ2v) is 7.35. The van der Waals surface area contributed by atoms with Crippen LogP contribution in [0.5, 0.6) is 0 Å². The number of benzene rings is 1. The van der Waals surface area contributed by atoms with Crippen molar-refractivity contribution < 1.29 is 23.9 Å². The van der Waals surface area contributed by atoms with Crippen LogP contribution in [0.25, 0.3) is 0 Å². The first-order valence-electron chi connectivity index (χ1n) is 7.98. The summed E-state index contributed by atoms with van der Waals surface area (Å²) in [7, 11) is 2.58. The third-order valence-electron chi connectivity index (χ3n) is 5.46. The molecule has 3 heterocycles. The number of amides is 1. The van der Waals surface area contributed by atoms with Gasteiger partial charge in [-0.1, -0.05) is 18.2 Å². The molecule has 3 aliphatic heterocycles. The molecule has 7 nitrogen and oxygen atoms in total. The molecule has 1 N–H and O–H groups in total. The minimum atomic E-state index is -1.24. The summed E-state index contributed by atoms with van der Waals surface area (Å²) in [6, 6.07) is 7.05. The number of thioether (sulfide) groups is 1. The van der Waals surface area contributed by atoms with Crippen LogP contribution in [0, 0.1) is 11.8 Å². The first-order chi connectivity index (χ1) is 12.1. The van der Waals surface area contributed by atoms with E-state index in [0.717, 1.165) is 0 Å². The molecule has 1 aromatic rings. The number of carbonyl (C=O) groups is 3. The second kappa shape index (κ2) is 5.74. The van der Waals surface area contributed by atoms with Crippen molar-refractivity contribution >= 4 is 35.3 Å². The molecular formula is C17H18N2O5S. The summed E-state index contributed by atoms with van der Waals surface area (Å²) < 4.78 is 9.99. The SMILES string of the molecule is COC(=O)[C@@H]1[C@@H]2CSCN2[C@@]2(C(=O)Nc3ccccc32)[C@H]1C(=O)OC. The zero-order valence-electron chi connectivity index (χ0n) is 13.9. The third kappa shape index (κ3) is 1.95. The molecule has 0 saturated carbocycles. The van der Waals surface area contributed by atoms with Gasteiger partial charge in [0.2, 0.25) is 0 Å². The lowest BCUT2D eigenvalue weighted by Crippen LogP contribution is -2.53. The molecule has 0 bridgehead atoms. The van der Waals surface area contributed by atoms with Crippen LogP contribution in [0.3, 0.4) is 0 Å². The molecule has 4 rings (SSSR count). The average molecular weight is 362 g/mol. The van der Waals surface area contributed by atoms with E-state index < -0.39 is 29.3 Å². The maximum Gasteiger partial charge on any atom is 0.312 e. The van der Waals surface area contributed by atoms with E-state index in [1.54, 1.807) is 17.8 Å². The molecule has 1 amide bonds. The van der Waals surface area contributed by atoms with Crippen molar-refractivity contribution in [2.75, 3.05) is 31.2 Å². The van der Waals surface area contributed by atoms with Crippen molar-refractivity contribution in [1.82, 2.24) is 4.90 Å². The van der Waals surface area contributed by atoms with E-state index in [4.69, 9.17) is 9.47 Å². The van der Waals surface area contributed by atoms with E-state index in [0.29, 0.717) is 22.9 Å². The molecule has 132 valence electrons. The number of rotatable bonds is 2. The topological polar surface area (TPSA) is 84.9 Å². The van der Waals surface area contributed by atoms with Gasteiger partial charge in [0.1, 0.15) is 11.5 Å². The van der Waals surface area contributed by atoms with Gasteiger partial charge in [-0.3, -0.25) is 19.3 Å². The Bertz CT molecular complexity index is 769. The van der Waals surface area contributed by atoms with Gasteiger partial charge < -0.3 is 14.8 Å². The third-order valence-corrected chi connectivity index (χ3v) is 6.49. The Morgan fingerprint density at radius 1 is 1.24 bits per heavy atom. The van der Waals surface area contributed by atoms with Crippen molar-refractivity contribution in [2.45, 2.75) is 11.6 Å². The largest absolute Gasteiger partial charge is 0.469 e. The molecule has 0 unspecified atom stereocenters. The van der Waals surface area contributed by atoms with E-state index in [-0.39, 0.29) is 11.9 Å². The number of nitrogens with one attached hydrogen (secondary N) is 1. The summed E-state index contributed by atoms with van der Waals surface area (Å²) in [4.78, 5) is 40.4. The predicted molar refractivity (Wildman–Crippen MR) is 90.7 cm³/mol. The highest BCUT2D eigenvalue weighted by Crippen LogP contribution is 2.58. The highest BCUT2D eigenvalue weighted by molar-refractivity contribution is 7.99. The zero-order chi connectivity index (χ0) is 17.8. The van der Waals surface area contributed by atoms with E-state index in [9.17, 15) is 14.4 Å². The number of carbonyl (C=O) groups excluding carboxylic acids is 3. The molecule has 2 saturated heterocycles. The minimum absolute atomic E-state index is 0.251. The Balaban J connectivity index is 1.97. The fourth-order valence-corrected chi connectivity index (χ4v) is 5.84. The average Bonchev–Trinajstić information content (AvgIpc) is 3.27. The summed E-state index contributed by atoms with van der Waals surface area (Å²) in [5.74, 6) is -1.81. The quantitative estimate of drug-likeness (QED) is 0.779. The Morgan fingerprint density at radius 3 is 2.68 bits per heavy atom. The first kappa shape index (κ1) is 16.4. The Labute approximate surface area is 149 Å². The van der Waals surface area contributed by atoms with E-state index in [1.165, 1.54) is 14.2 Å². The van der Waals surface area contributed by atoms with Crippen LogP contribution in [-0.4, -0.2) is 54.6 Å². The maximum absolute atomic E-state index is 13.2. The second-order valence-electron chi connectivity index (χ2n) is 6.35. The minimum Gasteiger partial charge on any atom is -0.469 e. The fraction of sp³-hybridized carbons (Fsp3) is 0.471. The van der Waals surface area contributed by atoms with E-state index >= 15 is 0 Å². The molecular weight excluding hydrogens is 344 g/mol. The van der Waals surface area contributed by atoms with Crippen LogP contribution in [0.15, 0.2) is 24.3 Å². The van der Waals surface area contributed by atoms with Crippen molar-refractivity contribution in [3.63, 3.8) is 0 Å². The van der Waals surface area contributed by atoms with Gasteiger partial charge in [-0.05, 0) is 6.07 Å².